The van der Waals surface area contributed by atoms with Gasteiger partial charge in [-0.15, -0.1) is 0 Å². The molecular weight excluding hydrogens is 1180 g/mol. The van der Waals surface area contributed by atoms with Crippen LogP contribution in [0.3, 0.4) is 0 Å². The molecule has 0 saturated carbocycles. The molecule has 0 amide bonds. The first-order valence-corrected chi connectivity index (χ1v) is 39.3. The Morgan fingerprint density at radius 2 is 0.574 bits per heavy atom. The monoisotopic (exact) mass is 1320 g/mol. The minimum absolute atomic E-state index is 0.0380. The van der Waals surface area contributed by atoms with Crippen LogP contribution in [0, 0.1) is 0 Å². The summed E-state index contributed by atoms with van der Waals surface area (Å²) in [5.41, 5.74) is 0. The van der Waals surface area contributed by atoms with Gasteiger partial charge in [-0.2, -0.15) is 0 Å². The van der Waals surface area contributed by atoms with Gasteiger partial charge in [-0.1, -0.05) is 325 Å². The fourth-order valence-corrected chi connectivity index (χ4v) is 10.8. The second-order valence-corrected chi connectivity index (χ2v) is 27.3. The lowest BCUT2D eigenvalue weighted by atomic mass is 10.0. The summed E-state index contributed by atoms with van der Waals surface area (Å²) in [4.78, 5) is 38.2. The average Bonchev–Trinajstić information content (AvgIpc) is 1.56. The van der Waals surface area contributed by atoms with E-state index in [0.717, 1.165) is 135 Å². The zero-order chi connectivity index (χ0) is 68.3. The van der Waals surface area contributed by atoms with Crippen LogP contribution in [-0.2, 0) is 32.7 Å². The Bertz CT molecular complexity index is 2200. The van der Waals surface area contributed by atoms with Crippen molar-refractivity contribution in [3.8, 4) is 0 Å². The Morgan fingerprint density at radius 1 is 0.330 bits per heavy atom. The van der Waals surface area contributed by atoms with Crippen LogP contribution in [0.5, 0.6) is 0 Å². The molecule has 0 aliphatic heterocycles. The van der Waals surface area contributed by atoms with Crippen LogP contribution in [0.4, 0.5) is 0 Å². The molecule has 0 aromatic rings. The second kappa shape index (κ2) is 72.6. The quantitative estimate of drug-likeness (QED) is 0.0195. The van der Waals surface area contributed by atoms with Gasteiger partial charge in [-0.25, -0.2) is 0 Å². The molecule has 0 aromatic carbocycles. The molecule has 2 atom stereocenters. The van der Waals surface area contributed by atoms with E-state index >= 15 is 0 Å². The molecule has 0 N–H and O–H groups in total. The Labute approximate surface area is 578 Å². The number of allylic oxidation sites excluding steroid dienone is 28. The molecule has 0 bridgehead atoms. The molecule has 0 aliphatic carbocycles. The van der Waals surface area contributed by atoms with Gasteiger partial charge in [0.05, 0.1) is 27.7 Å². The molecule has 2 unspecified atom stereocenters. The highest BCUT2D eigenvalue weighted by atomic mass is 31.2. The molecule has 9 nitrogen and oxygen atoms in total. The Kier molecular flexibility index (Phi) is 69.1. The van der Waals surface area contributed by atoms with Crippen LogP contribution in [0.25, 0.3) is 0 Å². The molecule has 94 heavy (non-hydrogen) atoms. The number of ether oxygens (including phenoxy) is 2. The third-order valence-electron chi connectivity index (χ3n) is 15.7. The number of hydrogen-bond donors (Lipinski definition) is 0. The number of rotatable bonds is 68. The SMILES string of the molecule is CC/C=C\C/C=C\C/C=C\C/C=C\C/C=C\C/C=C\C/C=C\C/C=C\CCCCCCCCCCCCCCC(=O)OC(COC(=O)CCCCCCCCCCCCCCCC/C=C\C/C=C\C/C=C\C/C=C\C/C=C\C/C=C\CC)COP(=O)([O-])OCC[N+](C)(C)C. The highest BCUT2D eigenvalue weighted by Gasteiger charge is 2.22. The van der Waals surface area contributed by atoms with Gasteiger partial charge in [0.25, 0.3) is 7.82 Å². The number of hydrogen-bond acceptors (Lipinski definition) is 8. The van der Waals surface area contributed by atoms with Gasteiger partial charge in [0.1, 0.15) is 19.8 Å². The predicted octanol–water partition coefficient (Wildman–Crippen LogP) is 24.6. The maximum absolute atomic E-state index is 12.9. The summed E-state index contributed by atoms with van der Waals surface area (Å²) in [6.07, 6.45) is 110. The van der Waals surface area contributed by atoms with E-state index in [-0.39, 0.29) is 32.0 Å². The molecular formula is C84H140NO8P. The zero-order valence-electron chi connectivity index (χ0n) is 60.8. The van der Waals surface area contributed by atoms with Gasteiger partial charge < -0.3 is 27.9 Å². The number of nitrogens with zero attached hydrogens (tertiary/aromatic N) is 1. The van der Waals surface area contributed by atoms with E-state index in [9.17, 15) is 19.0 Å². The van der Waals surface area contributed by atoms with Crippen LogP contribution in [0.1, 0.15) is 296 Å². The molecule has 0 rings (SSSR count). The number of unbranched alkanes of at least 4 members (excludes halogenated alkanes) is 26. The first kappa shape index (κ1) is 89.4. The number of phosphoric acid groups is 1. The fourth-order valence-electron chi connectivity index (χ4n) is 10.0. The number of carbonyl (C=O) groups excluding carboxylic acids is 2. The molecule has 0 saturated heterocycles. The lowest BCUT2D eigenvalue weighted by molar-refractivity contribution is -0.870. The van der Waals surface area contributed by atoms with Crippen molar-refractivity contribution in [3.05, 3.63) is 170 Å². The van der Waals surface area contributed by atoms with Crippen molar-refractivity contribution in [3.63, 3.8) is 0 Å². The van der Waals surface area contributed by atoms with E-state index in [4.69, 9.17) is 18.5 Å². The van der Waals surface area contributed by atoms with E-state index in [1.54, 1.807) is 0 Å². The van der Waals surface area contributed by atoms with E-state index < -0.39 is 26.5 Å². The lowest BCUT2D eigenvalue weighted by Crippen LogP contribution is -2.37. The van der Waals surface area contributed by atoms with E-state index in [2.05, 4.69) is 184 Å². The lowest BCUT2D eigenvalue weighted by Gasteiger charge is -2.28. The van der Waals surface area contributed by atoms with Crippen molar-refractivity contribution in [2.45, 2.75) is 302 Å². The number of esters is 2. The Morgan fingerprint density at radius 3 is 0.851 bits per heavy atom. The normalized spacial score (nSPS) is 14.1. The van der Waals surface area contributed by atoms with Crippen molar-refractivity contribution in [1.29, 1.82) is 0 Å². The molecule has 0 spiro atoms. The maximum Gasteiger partial charge on any atom is 0.306 e. The fraction of sp³-hybridized carbons (Fsp3) is 0.643. The van der Waals surface area contributed by atoms with Crippen molar-refractivity contribution < 1.29 is 42.1 Å². The van der Waals surface area contributed by atoms with Gasteiger partial charge in [0.15, 0.2) is 6.10 Å². The molecule has 0 radical (unpaired) electrons. The van der Waals surface area contributed by atoms with Gasteiger partial charge in [0, 0.05) is 12.8 Å². The van der Waals surface area contributed by atoms with Crippen molar-refractivity contribution in [1.82, 2.24) is 0 Å². The van der Waals surface area contributed by atoms with Gasteiger partial charge >= 0.3 is 11.9 Å². The van der Waals surface area contributed by atoms with Crippen molar-refractivity contribution >= 4 is 19.8 Å². The van der Waals surface area contributed by atoms with Crippen LogP contribution in [0.2, 0.25) is 0 Å². The third kappa shape index (κ3) is 76.4. The van der Waals surface area contributed by atoms with E-state index in [1.807, 2.05) is 21.1 Å². The molecule has 0 heterocycles. The van der Waals surface area contributed by atoms with Gasteiger partial charge in [0.2, 0.25) is 0 Å². The summed E-state index contributed by atoms with van der Waals surface area (Å²) in [7, 11) is 1.15. The van der Waals surface area contributed by atoms with Crippen molar-refractivity contribution in [2.75, 3.05) is 47.5 Å². The van der Waals surface area contributed by atoms with E-state index in [1.165, 1.54) is 128 Å². The van der Waals surface area contributed by atoms with E-state index in [0.29, 0.717) is 17.4 Å². The minimum Gasteiger partial charge on any atom is -0.756 e. The summed E-state index contributed by atoms with van der Waals surface area (Å²) < 4.78 is 34.4. The summed E-state index contributed by atoms with van der Waals surface area (Å²) in [5.74, 6) is -0.838. The average molecular weight is 1320 g/mol. The molecule has 0 fully saturated rings. The summed E-state index contributed by atoms with van der Waals surface area (Å²) in [6, 6.07) is 0. The highest BCUT2D eigenvalue weighted by molar-refractivity contribution is 7.45. The summed E-state index contributed by atoms with van der Waals surface area (Å²) >= 11 is 0. The summed E-state index contributed by atoms with van der Waals surface area (Å²) in [6.45, 7) is 4.01. The number of likely N-dealkylation sites (N-methyl/N-ethyl adjacent to an activating group) is 1. The molecule has 10 heteroatoms. The minimum atomic E-state index is -4.66. The van der Waals surface area contributed by atoms with Gasteiger partial charge in [-0.3, -0.25) is 14.2 Å². The Balaban J connectivity index is 4.06. The first-order chi connectivity index (χ1) is 46.0. The third-order valence-corrected chi connectivity index (χ3v) is 16.7. The molecule has 0 aliphatic rings. The molecule has 0 aromatic heterocycles. The maximum atomic E-state index is 12.9. The van der Waals surface area contributed by atoms with Crippen LogP contribution in [0.15, 0.2) is 170 Å². The van der Waals surface area contributed by atoms with Crippen LogP contribution < -0.4 is 4.89 Å². The second-order valence-electron chi connectivity index (χ2n) is 25.9. The standard InChI is InChI=1S/C84H140NO8P/c1-6-8-10-12-14-16-18-20-22-24-26-28-30-32-34-36-38-40-41-42-43-45-47-49-51-53-55-57-59-61-63-65-67-69-71-73-75-77-84(87)93-82(81-92-94(88,89)91-79-78-85(3,4)5)80-90-83(86)76-74-72-70-68-66-64-62-60-58-56-54-52-50-48-46-44-39-37-35-33-31-29-27-25-23-21-19-17-15-13-11-9-7-2/h8-11,14-17,20-23,26-29,32-35,38-40,42-44,47,49,82H,6-7,12-13,18-19,24-25,30-31,36-37,41,45-46,48,50-81H2,1-5H3/b10-8-,11-9-,16-14-,17-15-,22-20-,23-21-,28-26-,29-27-,34-32-,35-33-,40-38-,43-42-,44-39-,49-47-. The first-order valence-electron chi connectivity index (χ1n) is 37.8. The number of quaternary nitrogens is 1. The van der Waals surface area contributed by atoms with Gasteiger partial charge in [-0.05, 0) is 128 Å². The van der Waals surface area contributed by atoms with Crippen molar-refractivity contribution in [2.24, 2.45) is 0 Å². The smallest absolute Gasteiger partial charge is 0.306 e. The Hall–Kier alpha value is -4.63. The predicted molar refractivity (Wildman–Crippen MR) is 406 cm³/mol. The molecule has 534 valence electrons. The van der Waals surface area contributed by atoms with Crippen LogP contribution in [-0.4, -0.2) is 70.0 Å². The van der Waals surface area contributed by atoms with Crippen LogP contribution >= 0.6 is 7.82 Å². The number of carbonyl (C=O) groups is 2. The number of phosphoric ester groups is 1. The topological polar surface area (TPSA) is 111 Å². The summed E-state index contributed by atoms with van der Waals surface area (Å²) in [5, 5.41) is 0. The zero-order valence-corrected chi connectivity index (χ0v) is 61.7. The highest BCUT2D eigenvalue weighted by Crippen LogP contribution is 2.38. The largest absolute Gasteiger partial charge is 0.756 e.